The predicted molar refractivity (Wildman–Crippen MR) is 73.4 cm³/mol. The molecule has 0 bridgehead atoms. The first-order valence-corrected chi connectivity index (χ1v) is 7.73. The predicted octanol–water partition coefficient (Wildman–Crippen LogP) is 2.45. The summed E-state index contributed by atoms with van der Waals surface area (Å²) in [6.45, 7) is 3.07. The van der Waals surface area contributed by atoms with E-state index in [0.29, 0.717) is 35.5 Å². The van der Waals surface area contributed by atoms with Crippen molar-refractivity contribution in [3.8, 4) is 11.5 Å². The molecule has 2 heterocycles. The molecule has 20 heavy (non-hydrogen) atoms. The van der Waals surface area contributed by atoms with E-state index in [2.05, 4.69) is 4.98 Å². The lowest BCUT2D eigenvalue weighted by atomic mass is 10.3. The lowest BCUT2D eigenvalue weighted by Crippen LogP contribution is -1.99. The van der Waals surface area contributed by atoms with Crippen molar-refractivity contribution in [3.63, 3.8) is 0 Å². The Labute approximate surface area is 119 Å². The van der Waals surface area contributed by atoms with Crippen LogP contribution in [0.5, 0.6) is 11.5 Å². The Balaban J connectivity index is 1.79. The van der Waals surface area contributed by atoms with Gasteiger partial charge >= 0.3 is 0 Å². The Morgan fingerprint density at radius 2 is 2.05 bits per heavy atom. The molecular formula is C14H15NO4S. The molecule has 0 N–H and O–H groups in total. The number of hydrogen-bond donors (Lipinski definition) is 0. The summed E-state index contributed by atoms with van der Waals surface area (Å²) in [6, 6.07) is 5.36. The number of oxazole rings is 1. The van der Waals surface area contributed by atoms with E-state index >= 15 is 0 Å². The molecule has 1 aromatic heterocycles. The molecule has 0 radical (unpaired) electrons. The van der Waals surface area contributed by atoms with E-state index in [1.54, 1.807) is 24.4 Å². The summed E-state index contributed by atoms with van der Waals surface area (Å²) in [4.78, 5) is 4.75. The number of aromatic nitrogens is 1. The fourth-order valence-corrected chi connectivity index (χ4v) is 2.93. The van der Waals surface area contributed by atoms with E-state index < -0.39 is 10.8 Å². The monoisotopic (exact) mass is 293 g/mol. The van der Waals surface area contributed by atoms with Crippen molar-refractivity contribution in [1.82, 2.24) is 4.98 Å². The minimum Gasteiger partial charge on any atom is -0.490 e. The highest BCUT2D eigenvalue weighted by Gasteiger charge is 2.15. The molecular weight excluding hydrogens is 278 g/mol. The number of rotatable bonds is 3. The summed E-state index contributed by atoms with van der Waals surface area (Å²) in [5.41, 5.74) is 0. The van der Waals surface area contributed by atoms with Crippen LogP contribution in [-0.4, -0.2) is 22.4 Å². The number of ether oxygens (including phenoxy) is 2. The maximum absolute atomic E-state index is 12.3. The van der Waals surface area contributed by atoms with Gasteiger partial charge in [0.1, 0.15) is 11.5 Å². The highest BCUT2D eigenvalue weighted by Crippen LogP contribution is 2.31. The van der Waals surface area contributed by atoms with E-state index in [-0.39, 0.29) is 5.75 Å². The first kappa shape index (κ1) is 13.2. The SMILES string of the molecule is Cc1cnc(C[S@](=O)c2ccc3c(c2)OCCCO3)o1. The second-order valence-electron chi connectivity index (χ2n) is 4.51. The summed E-state index contributed by atoms with van der Waals surface area (Å²) < 4.78 is 28.8. The van der Waals surface area contributed by atoms with Crippen molar-refractivity contribution in [2.24, 2.45) is 0 Å². The third-order valence-corrected chi connectivity index (χ3v) is 4.19. The van der Waals surface area contributed by atoms with E-state index in [4.69, 9.17) is 13.9 Å². The molecule has 1 aliphatic heterocycles. The zero-order valence-corrected chi connectivity index (χ0v) is 11.9. The largest absolute Gasteiger partial charge is 0.490 e. The van der Waals surface area contributed by atoms with Crippen molar-refractivity contribution in [2.75, 3.05) is 13.2 Å². The van der Waals surface area contributed by atoms with Gasteiger partial charge < -0.3 is 13.9 Å². The average Bonchev–Trinajstić information content (AvgIpc) is 2.72. The van der Waals surface area contributed by atoms with Gasteiger partial charge in [-0.15, -0.1) is 0 Å². The Hall–Kier alpha value is -1.82. The molecule has 2 aromatic rings. The van der Waals surface area contributed by atoms with E-state index in [1.165, 1.54) is 0 Å². The Bertz CT molecular complexity index is 638. The molecule has 106 valence electrons. The van der Waals surface area contributed by atoms with Gasteiger partial charge in [0.25, 0.3) is 0 Å². The van der Waals surface area contributed by atoms with Crippen molar-refractivity contribution < 1.29 is 18.1 Å². The van der Waals surface area contributed by atoms with Crippen LogP contribution in [0.3, 0.4) is 0 Å². The molecule has 0 amide bonds. The first-order valence-electron chi connectivity index (χ1n) is 6.42. The van der Waals surface area contributed by atoms with Gasteiger partial charge in [-0.05, 0) is 19.1 Å². The quantitative estimate of drug-likeness (QED) is 0.870. The van der Waals surface area contributed by atoms with Gasteiger partial charge in [0.2, 0.25) is 5.89 Å². The molecule has 5 nitrogen and oxygen atoms in total. The van der Waals surface area contributed by atoms with Crippen molar-refractivity contribution in [1.29, 1.82) is 0 Å². The molecule has 0 saturated carbocycles. The fraction of sp³-hybridized carbons (Fsp3) is 0.357. The second-order valence-corrected chi connectivity index (χ2v) is 5.96. The first-order chi connectivity index (χ1) is 9.72. The molecule has 1 aromatic carbocycles. The molecule has 0 fully saturated rings. The van der Waals surface area contributed by atoms with Crippen LogP contribution >= 0.6 is 0 Å². The lowest BCUT2D eigenvalue weighted by Gasteiger charge is -2.08. The lowest BCUT2D eigenvalue weighted by molar-refractivity contribution is 0.297. The van der Waals surface area contributed by atoms with Gasteiger partial charge in [-0.1, -0.05) is 0 Å². The Morgan fingerprint density at radius 1 is 1.25 bits per heavy atom. The van der Waals surface area contributed by atoms with Crippen LogP contribution in [0.25, 0.3) is 0 Å². The van der Waals surface area contributed by atoms with Crippen LogP contribution in [-0.2, 0) is 16.6 Å². The average molecular weight is 293 g/mol. The third-order valence-electron chi connectivity index (χ3n) is 2.91. The number of nitrogens with zero attached hydrogens (tertiary/aromatic N) is 1. The van der Waals surface area contributed by atoms with Crippen molar-refractivity contribution in [2.45, 2.75) is 24.0 Å². The maximum atomic E-state index is 12.3. The molecule has 0 spiro atoms. The number of benzene rings is 1. The molecule has 0 aliphatic carbocycles. The molecule has 1 aliphatic rings. The minimum atomic E-state index is -1.22. The minimum absolute atomic E-state index is 0.257. The van der Waals surface area contributed by atoms with E-state index in [0.717, 1.165) is 12.2 Å². The summed E-state index contributed by atoms with van der Waals surface area (Å²) in [6.07, 6.45) is 2.48. The van der Waals surface area contributed by atoms with Crippen LogP contribution in [0, 0.1) is 6.92 Å². The Morgan fingerprint density at radius 3 is 2.80 bits per heavy atom. The highest BCUT2D eigenvalue weighted by atomic mass is 32.2. The van der Waals surface area contributed by atoms with Gasteiger partial charge in [-0.2, -0.15) is 0 Å². The molecule has 1 atom stereocenters. The number of aryl methyl sites for hydroxylation is 1. The van der Waals surface area contributed by atoms with Gasteiger partial charge in [0.15, 0.2) is 11.5 Å². The van der Waals surface area contributed by atoms with Crippen LogP contribution in [0.4, 0.5) is 0 Å². The van der Waals surface area contributed by atoms with Crippen LogP contribution < -0.4 is 9.47 Å². The smallest absolute Gasteiger partial charge is 0.207 e. The molecule has 0 saturated heterocycles. The molecule has 6 heteroatoms. The molecule has 3 rings (SSSR count). The zero-order valence-electron chi connectivity index (χ0n) is 11.1. The van der Waals surface area contributed by atoms with Crippen molar-refractivity contribution in [3.05, 3.63) is 36.0 Å². The van der Waals surface area contributed by atoms with Crippen LogP contribution in [0.15, 0.2) is 33.7 Å². The van der Waals surface area contributed by atoms with Gasteiger partial charge in [-0.3, -0.25) is 4.21 Å². The maximum Gasteiger partial charge on any atom is 0.207 e. The van der Waals surface area contributed by atoms with Crippen LogP contribution in [0.1, 0.15) is 18.1 Å². The number of fused-ring (bicyclic) bond motifs is 1. The zero-order chi connectivity index (χ0) is 13.9. The standard InChI is InChI=1S/C14H15NO4S/c1-10-8-15-14(19-10)9-20(16)11-3-4-12-13(7-11)18-6-2-5-17-12/h3-4,7-8H,2,5-6,9H2,1H3/t20-/m0/s1. The Kier molecular flexibility index (Phi) is 3.73. The van der Waals surface area contributed by atoms with Gasteiger partial charge in [0, 0.05) is 17.4 Å². The highest BCUT2D eigenvalue weighted by molar-refractivity contribution is 7.84. The number of hydrogen-bond acceptors (Lipinski definition) is 5. The molecule has 0 unspecified atom stereocenters. The van der Waals surface area contributed by atoms with Crippen LogP contribution in [0.2, 0.25) is 0 Å². The van der Waals surface area contributed by atoms with Gasteiger partial charge in [-0.25, -0.2) is 4.98 Å². The van der Waals surface area contributed by atoms with Gasteiger partial charge in [0.05, 0.1) is 30.2 Å². The second kappa shape index (κ2) is 5.66. The summed E-state index contributed by atoms with van der Waals surface area (Å²) in [7, 11) is -1.22. The normalized spacial score (nSPS) is 15.7. The van der Waals surface area contributed by atoms with E-state index in [9.17, 15) is 4.21 Å². The summed E-state index contributed by atoms with van der Waals surface area (Å²) >= 11 is 0. The fourth-order valence-electron chi connectivity index (χ4n) is 1.95. The third kappa shape index (κ3) is 2.85. The van der Waals surface area contributed by atoms with E-state index in [1.807, 2.05) is 6.92 Å². The summed E-state index contributed by atoms with van der Waals surface area (Å²) in [5, 5.41) is 0. The topological polar surface area (TPSA) is 61.6 Å². The summed E-state index contributed by atoms with van der Waals surface area (Å²) in [5.74, 6) is 2.81. The van der Waals surface area contributed by atoms with Crippen molar-refractivity contribution >= 4 is 10.8 Å².